The van der Waals surface area contributed by atoms with Crippen LogP contribution >= 0.6 is 0 Å². The highest BCUT2D eigenvalue weighted by molar-refractivity contribution is 6.06. The lowest BCUT2D eigenvalue weighted by atomic mass is 10.00. The fraction of sp³-hybridized carbons (Fsp3) is 0.462. The summed E-state index contributed by atoms with van der Waals surface area (Å²) >= 11 is 0. The first-order valence-corrected chi connectivity index (χ1v) is 5.63. The summed E-state index contributed by atoms with van der Waals surface area (Å²) in [5.74, 6) is -3.04. The third kappa shape index (κ3) is 9.58. The molecule has 0 aromatic carbocycles. The van der Waals surface area contributed by atoms with Gasteiger partial charge in [0.1, 0.15) is 23.8 Å². The maximum absolute atomic E-state index is 11.4. The van der Waals surface area contributed by atoms with Gasteiger partial charge in [0, 0.05) is 12.8 Å². The van der Waals surface area contributed by atoms with Gasteiger partial charge in [-0.2, -0.15) is 0 Å². The lowest BCUT2D eigenvalue weighted by Crippen LogP contribution is -2.13. The number of hydrogen-bond acceptors (Lipinski definition) is 5. The molecule has 1 N–H and O–H groups in total. The molecule has 19 heavy (non-hydrogen) atoms. The van der Waals surface area contributed by atoms with E-state index in [1.165, 1.54) is 6.92 Å². The number of hydrogen-bond donors (Lipinski definition) is 1. The van der Waals surface area contributed by atoms with Crippen LogP contribution in [0.3, 0.4) is 0 Å². The van der Waals surface area contributed by atoms with E-state index in [-0.39, 0.29) is 30.8 Å². The van der Waals surface area contributed by atoms with E-state index < -0.39 is 30.4 Å². The fourth-order valence-electron chi connectivity index (χ4n) is 1.47. The van der Waals surface area contributed by atoms with E-state index in [0.717, 1.165) is 0 Å². The van der Waals surface area contributed by atoms with Gasteiger partial charge in [-0.25, -0.2) is 0 Å². The first-order valence-electron chi connectivity index (χ1n) is 5.63. The van der Waals surface area contributed by atoms with Gasteiger partial charge in [0.2, 0.25) is 0 Å². The molecular weight excluding hydrogens is 252 g/mol. The fourth-order valence-corrected chi connectivity index (χ4v) is 1.47. The number of carbonyl (C=O) groups excluding carboxylic acids is 4. The number of carboxylic acids is 1. The summed E-state index contributed by atoms with van der Waals surface area (Å²) < 4.78 is 0. The zero-order valence-electron chi connectivity index (χ0n) is 10.7. The number of carbonyl (C=O) groups is 5. The minimum absolute atomic E-state index is 0.0849. The molecule has 0 aliphatic heterocycles. The van der Waals surface area contributed by atoms with Gasteiger partial charge in [-0.15, -0.1) is 0 Å². The van der Waals surface area contributed by atoms with Gasteiger partial charge in [0.15, 0.2) is 5.78 Å². The molecule has 0 saturated carbocycles. The monoisotopic (exact) mass is 268 g/mol. The summed E-state index contributed by atoms with van der Waals surface area (Å²) in [5, 5.41) is 8.36. The second kappa shape index (κ2) is 8.07. The average Bonchev–Trinajstić information content (AvgIpc) is 2.12. The van der Waals surface area contributed by atoms with Crippen LogP contribution in [-0.4, -0.2) is 34.2 Å². The van der Waals surface area contributed by atoms with Crippen molar-refractivity contribution in [1.82, 2.24) is 0 Å². The van der Waals surface area contributed by atoms with Gasteiger partial charge >= 0.3 is 5.97 Å². The van der Waals surface area contributed by atoms with Crippen molar-refractivity contribution >= 4 is 29.1 Å². The second-order valence-electron chi connectivity index (χ2n) is 4.35. The van der Waals surface area contributed by atoms with Crippen LogP contribution in [0.1, 0.15) is 39.0 Å². The summed E-state index contributed by atoms with van der Waals surface area (Å²) in [4.78, 5) is 54.7. The van der Waals surface area contributed by atoms with E-state index in [2.05, 4.69) is 6.58 Å². The number of Topliss-reactive ketones (excluding diaryl/α,β-unsaturated/α-hetero) is 4. The molecule has 0 aliphatic rings. The number of rotatable bonds is 10. The zero-order valence-corrected chi connectivity index (χ0v) is 10.7. The summed E-state index contributed by atoms with van der Waals surface area (Å²) in [7, 11) is 0. The Hall–Kier alpha value is -2.11. The molecule has 0 rings (SSSR count). The molecule has 0 amide bonds. The number of carboxylic acid groups (broad SMARTS) is 1. The smallest absolute Gasteiger partial charge is 0.310 e. The maximum Gasteiger partial charge on any atom is 0.310 e. The molecule has 6 heteroatoms. The summed E-state index contributed by atoms with van der Waals surface area (Å²) in [6.45, 7) is 4.82. The lowest BCUT2D eigenvalue weighted by Gasteiger charge is -2.03. The molecule has 0 aliphatic carbocycles. The van der Waals surface area contributed by atoms with Gasteiger partial charge in [0.25, 0.3) is 0 Å². The number of aliphatic carboxylic acids is 1. The van der Waals surface area contributed by atoms with E-state index in [9.17, 15) is 24.0 Å². The first-order chi connectivity index (χ1) is 8.70. The predicted molar refractivity (Wildman–Crippen MR) is 65.6 cm³/mol. The topological polar surface area (TPSA) is 106 Å². The first kappa shape index (κ1) is 16.9. The molecule has 0 aromatic rings. The molecular formula is C13H16O6. The average molecular weight is 268 g/mol. The summed E-state index contributed by atoms with van der Waals surface area (Å²) in [6, 6.07) is 0. The molecule has 0 saturated heterocycles. The van der Waals surface area contributed by atoms with Crippen LogP contribution < -0.4 is 0 Å². The third-order valence-electron chi connectivity index (χ3n) is 2.08. The van der Waals surface area contributed by atoms with Gasteiger partial charge in [0.05, 0.1) is 12.8 Å². The van der Waals surface area contributed by atoms with Crippen molar-refractivity contribution in [3.63, 3.8) is 0 Å². The largest absolute Gasteiger partial charge is 0.481 e. The highest BCUT2D eigenvalue weighted by atomic mass is 16.4. The Morgan fingerprint density at radius 1 is 0.789 bits per heavy atom. The van der Waals surface area contributed by atoms with Crippen molar-refractivity contribution < 1.29 is 29.1 Å². The van der Waals surface area contributed by atoms with Gasteiger partial charge < -0.3 is 5.11 Å². The van der Waals surface area contributed by atoms with Crippen molar-refractivity contribution in [3.8, 4) is 0 Å². The van der Waals surface area contributed by atoms with Crippen LogP contribution in [0.5, 0.6) is 0 Å². The van der Waals surface area contributed by atoms with Crippen molar-refractivity contribution in [1.29, 1.82) is 0 Å². The SMILES string of the molecule is C=C(CC(=O)CC(C)=O)CC(=O)CC(=O)CC(=O)O. The lowest BCUT2D eigenvalue weighted by molar-refractivity contribution is -0.140. The normalized spacial score (nSPS) is 9.74. The van der Waals surface area contributed by atoms with Crippen LogP contribution in [0, 0.1) is 0 Å². The van der Waals surface area contributed by atoms with Crippen molar-refractivity contribution in [3.05, 3.63) is 12.2 Å². The molecule has 0 bridgehead atoms. The van der Waals surface area contributed by atoms with Gasteiger partial charge in [-0.05, 0) is 6.92 Å². The molecule has 0 unspecified atom stereocenters. The van der Waals surface area contributed by atoms with E-state index in [1.54, 1.807) is 0 Å². The van der Waals surface area contributed by atoms with Crippen LogP contribution in [0.25, 0.3) is 0 Å². The Bertz CT molecular complexity index is 392. The van der Waals surface area contributed by atoms with Crippen LogP contribution in [-0.2, 0) is 24.0 Å². The highest BCUT2D eigenvalue weighted by Crippen LogP contribution is 2.09. The van der Waals surface area contributed by atoms with Crippen LogP contribution in [0.15, 0.2) is 12.2 Å². The quantitative estimate of drug-likeness (QED) is 0.465. The Kier molecular flexibility index (Phi) is 7.18. The van der Waals surface area contributed by atoms with Gasteiger partial charge in [-0.1, -0.05) is 12.2 Å². The Balaban J connectivity index is 4.09. The van der Waals surface area contributed by atoms with Crippen molar-refractivity contribution in [2.24, 2.45) is 0 Å². The standard InChI is InChI=1S/C13H16O6/c1-8(3-10(15)5-9(2)14)4-11(16)6-12(17)7-13(18)19/h1,3-7H2,2H3,(H,18,19). The summed E-state index contributed by atoms with van der Waals surface area (Å²) in [6.07, 6.45) is -1.62. The second-order valence-corrected chi connectivity index (χ2v) is 4.35. The highest BCUT2D eigenvalue weighted by Gasteiger charge is 2.15. The number of allylic oxidation sites excluding steroid dienone is 1. The molecule has 0 atom stereocenters. The molecule has 6 nitrogen and oxygen atoms in total. The Labute approximate surface area is 110 Å². The maximum atomic E-state index is 11.4. The zero-order chi connectivity index (χ0) is 15.0. The van der Waals surface area contributed by atoms with E-state index in [4.69, 9.17) is 5.11 Å². The van der Waals surface area contributed by atoms with Gasteiger partial charge in [-0.3, -0.25) is 24.0 Å². The van der Waals surface area contributed by atoms with E-state index in [0.29, 0.717) is 5.57 Å². The molecule has 0 aromatic heterocycles. The van der Waals surface area contributed by atoms with Crippen LogP contribution in [0.4, 0.5) is 0 Å². The van der Waals surface area contributed by atoms with Crippen molar-refractivity contribution in [2.75, 3.05) is 0 Å². The molecule has 0 heterocycles. The number of ketones is 4. The van der Waals surface area contributed by atoms with E-state index in [1.807, 2.05) is 0 Å². The summed E-state index contributed by atoms with van der Waals surface area (Å²) in [5.41, 5.74) is 0.319. The van der Waals surface area contributed by atoms with Crippen molar-refractivity contribution in [2.45, 2.75) is 39.0 Å². The predicted octanol–water partition coefficient (Wildman–Crippen LogP) is 0.874. The minimum atomic E-state index is -1.28. The Morgan fingerprint density at radius 3 is 1.63 bits per heavy atom. The molecule has 104 valence electrons. The third-order valence-corrected chi connectivity index (χ3v) is 2.08. The molecule has 0 fully saturated rings. The van der Waals surface area contributed by atoms with E-state index >= 15 is 0 Å². The Morgan fingerprint density at radius 2 is 1.21 bits per heavy atom. The minimum Gasteiger partial charge on any atom is -0.481 e. The molecule has 0 radical (unpaired) electrons. The van der Waals surface area contributed by atoms with Crippen LogP contribution in [0.2, 0.25) is 0 Å². The molecule has 0 spiro atoms.